The molecular formula is C15H19FO4S. The van der Waals surface area contributed by atoms with E-state index in [9.17, 15) is 12.8 Å². The molecule has 0 saturated heterocycles. The number of ether oxygens (including phenoxy) is 1. The Bertz CT molecular complexity index is 648. The van der Waals surface area contributed by atoms with E-state index in [1.54, 1.807) is 20.8 Å². The predicted molar refractivity (Wildman–Crippen MR) is 79.4 cm³/mol. The molecule has 0 bridgehead atoms. The number of benzene rings is 1. The average molecular weight is 314 g/mol. The molecule has 0 aliphatic rings. The third-order valence-electron chi connectivity index (χ3n) is 2.79. The zero-order chi connectivity index (χ0) is 16.1. The third-order valence-corrected chi connectivity index (χ3v) is 5.36. The molecule has 0 aliphatic carbocycles. The van der Waals surface area contributed by atoms with Crippen molar-refractivity contribution >= 4 is 9.84 Å². The SMILES string of the molecule is CC(C)(C)S(=O)(=O)CCOc1cc(C#CCO)ccc1F. The van der Waals surface area contributed by atoms with Crippen LogP contribution in [0.3, 0.4) is 0 Å². The minimum absolute atomic E-state index is 0.0520. The first-order valence-electron chi connectivity index (χ1n) is 6.42. The summed E-state index contributed by atoms with van der Waals surface area (Å²) in [6, 6.07) is 4.02. The van der Waals surface area contributed by atoms with E-state index < -0.39 is 20.4 Å². The molecule has 0 saturated carbocycles. The van der Waals surface area contributed by atoms with E-state index in [1.165, 1.54) is 18.2 Å². The molecule has 4 nitrogen and oxygen atoms in total. The summed E-state index contributed by atoms with van der Waals surface area (Å²) in [6.07, 6.45) is 0. The Morgan fingerprint density at radius 2 is 2.00 bits per heavy atom. The number of hydrogen-bond acceptors (Lipinski definition) is 4. The van der Waals surface area contributed by atoms with Crippen molar-refractivity contribution in [2.45, 2.75) is 25.5 Å². The molecule has 0 fully saturated rings. The summed E-state index contributed by atoms with van der Waals surface area (Å²) in [7, 11) is -3.31. The second-order valence-corrected chi connectivity index (χ2v) is 8.25. The average Bonchev–Trinajstić information content (AvgIpc) is 2.38. The minimum Gasteiger partial charge on any atom is -0.489 e. The van der Waals surface area contributed by atoms with E-state index in [1.807, 2.05) is 0 Å². The van der Waals surface area contributed by atoms with Crippen LogP contribution < -0.4 is 4.74 Å². The second-order valence-electron chi connectivity index (χ2n) is 5.38. The van der Waals surface area contributed by atoms with Gasteiger partial charge in [-0.25, -0.2) is 12.8 Å². The molecule has 6 heteroatoms. The number of halogens is 1. The van der Waals surface area contributed by atoms with Crippen molar-refractivity contribution < 1.29 is 22.7 Å². The molecule has 0 spiro atoms. The molecule has 0 radical (unpaired) electrons. The molecule has 1 aromatic rings. The molecule has 0 heterocycles. The van der Waals surface area contributed by atoms with Gasteiger partial charge in [0.1, 0.15) is 13.2 Å². The lowest BCUT2D eigenvalue weighted by Gasteiger charge is -2.19. The maximum absolute atomic E-state index is 13.6. The third kappa shape index (κ3) is 5.03. The number of aliphatic hydroxyl groups excluding tert-OH is 1. The van der Waals surface area contributed by atoms with Crippen LogP contribution in [-0.2, 0) is 9.84 Å². The van der Waals surface area contributed by atoms with Crippen molar-refractivity contribution in [3.63, 3.8) is 0 Å². The van der Waals surface area contributed by atoms with Crippen LogP contribution in [0.1, 0.15) is 26.3 Å². The van der Waals surface area contributed by atoms with Crippen molar-refractivity contribution in [2.24, 2.45) is 0 Å². The highest BCUT2D eigenvalue weighted by Gasteiger charge is 2.28. The van der Waals surface area contributed by atoms with E-state index >= 15 is 0 Å². The highest BCUT2D eigenvalue weighted by Crippen LogP contribution is 2.20. The summed E-state index contributed by atoms with van der Waals surface area (Å²) in [5, 5.41) is 8.61. The van der Waals surface area contributed by atoms with Crippen LogP contribution in [0.5, 0.6) is 5.75 Å². The smallest absolute Gasteiger partial charge is 0.165 e. The molecule has 1 N–H and O–H groups in total. The fourth-order valence-electron chi connectivity index (χ4n) is 1.40. The van der Waals surface area contributed by atoms with Crippen LogP contribution in [-0.4, -0.2) is 37.2 Å². The quantitative estimate of drug-likeness (QED) is 0.860. The van der Waals surface area contributed by atoms with E-state index in [4.69, 9.17) is 9.84 Å². The first-order valence-corrected chi connectivity index (χ1v) is 8.07. The monoisotopic (exact) mass is 314 g/mol. The van der Waals surface area contributed by atoms with Gasteiger partial charge in [0, 0.05) is 5.56 Å². The van der Waals surface area contributed by atoms with Crippen LogP contribution in [0.4, 0.5) is 4.39 Å². The molecule has 116 valence electrons. The van der Waals surface area contributed by atoms with Gasteiger partial charge < -0.3 is 9.84 Å². The van der Waals surface area contributed by atoms with Gasteiger partial charge in [-0.15, -0.1) is 0 Å². The molecule has 0 amide bonds. The summed E-state index contributed by atoms with van der Waals surface area (Å²) in [4.78, 5) is 0. The number of hydrogen-bond donors (Lipinski definition) is 1. The first-order chi connectivity index (χ1) is 9.67. The van der Waals surface area contributed by atoms with Gasteiger partial charge in [0.25, 0.3) is 0 Å². The Morgan fingerprint density at radius 1 is 1.33 bits per heavy atom. The van der Waals surface area contributed by atoms with Crippen molar-refractivity contribution in [1.29, 1.82) is 0 Å². The van der Waals surface area contributed by atoms with E-state index in [0.29, 0.717) is 5.56 Å². The second kappa shape index (κ2) is 6.92. The normalized spacial score (nSPS) is 11.7. The Balaban J connectivity index is 2.76. The van der Waals surface area contributed by atoms with Crippen molar-refractivity contribution in [1.82, 2.24) is 0 Å². The minimum atomic E-state index is -3.31. The zero-order valence-corrected chi connectivity index (χ0v) is 13.1. The topological polar surface area (TPSA) is 63.6 Å². The van der Waals surface area contributed by atoms with Crippen molar-refractivity contribution in [2.75, 3.05) is 19.0 Å². The van der Waals surface area contributed by atoms with Gasteiger partial charge in [0.05, 0.1) is 10.5 Å². The highest BCUT2D eigenvalue weighted by molar-refractivity contribution is 7.92. The van der Waals surface area contributed by atoms with Crippen LogP contribution in [0, 0.1) is 17.7 Å². The Hall–Kier alpha value is -1.58. The maximum atomic E-state index is 13.6. The zero-order valence-electron chi connectivity index (χ0n) is 12.3. The lowest BCUT2D eigenvalue weighted by Crippen LogP contribution is -2.32. The lowest BCUT2D eigenvalue weighted by atomic mass is 10.2. The molecular weight excluding hydrogens is 295 g/mol. The molecule has 0 aliphatic heterocycles. The molecule has 0 unspecified atom stereocenters. The number of sulfone groups is 1. The molecule has 1 rings (SSSR count). The van der Waals surface area contributed by atoms with Gasteiger partial charge in [0.2, 0.25) is 0 Å². The fourth-order valence-corrected chi connectivity index (χ4v) is 2.32. The van der Waals surface area contributed by atoms with Gasteiger partial charge in [0.15, 0.2) is 21.4 Å². The Kier molecular flexibility index (Phi) is 5.76. The van der Waals surface area contributed by atoms with Crippen LogP contribution >= 0.6 is 0 Å². The van der Waals surface area contributed by atoms with Crippen LogP contribution in [0.25, 0.3) is 0 Å². The fraction of sp³-hybridized carbons (Fsp3) is 0.467. The van der Waals surface area contributed by atoms with E-state index in [2.05, 4.69) is 11.8 Å². The van der Waals surface area contributed by atoms with E-state index in [-0.39, 0.29) is 24.7 Å². The van der Waals surface area contributed by atoms with Gasteiger partial charge in [-0.3, -0.25) is 0 Å². The van der Waals surface area contributed by atoms with E-state index in [0.717, 1.165) is 0 Å². The van der Waals surface area contributed by atoms with Crippen molar-refractivity contribution in [3.05, 3.63) is 29.6 Å². The lowest BCUT2D eigenvalue weighted by molar-refractivity contribution is 0.321. The first kappa shape index (κ1) is 17.5. The van der Waals surface area contributed by atoms with Gasteiger partial charge >= 0.3 is 0 Å². The summed E-state index contributed by atoms with van der Waals surface area (Å²) in [5.41, 5.74) is 0.485. The predicted octanol–water partition coefficient (Wildman–Crippen LogP) is 1.76. The molecule has 1 aromatic carbocycles. The van der Waals surface area contributed by atoms with Crippen LogP contribution in [0.2, 0.25) is 0 Å². The summed E-state index contributed by atoms with van der Waals surface area (Å²) < 4.78 is 41.7. The van der Waals surface area contributed by atoms with Crippen LogP contribution in [0.15, 0.2) is 18.2 Å². The van der Waals surface area contributed by atoms with Gasteiger partial charge in [-0.1, -0.05) is 11.8 Å². The standard InChI is InChI=1S/C15H19FO4S/c1-15(2,3)21(18,19)10-9-20-14-11-12(5-4-8-17)6-7-13(14)16/h6-7,11,17H,8-10H2,1-3H3. The number of rotatable bonds is 4. The number of aliphatic hydroxyl groups is 1. The Morgan fingerprint density at radius 3 is 2.57 bits per heavy atom. The highest BCUT2D eigenvalue weighted by atomic mass is 32.2. The maximum Gasteiger partial charge on any atom is 0.165 e. The van der Waals surface area contributed by atoms with Gasteiger partial charge in [-0.2, -0.15) is 0 Å². The van der Waals surface area contributed by atoms with Gasteiger partial charge in [-0.05, 0) is 39.0 Å². The summed E-state index contributed by atoms with van der Waals surface area (Å²) in [6.45, 7) is 4.39. The summed E-state index contributed by atoms with van der Waals surface area (Å²) >= 11 is 0. The molecule has 0 aromatic heterocycles. The summed E-state index contributed by atoms with van der Waals surface area (Å²) in [5.74, 6) is 4.24. The van der Waals surface area contributed by atoms with Crippen molar-refractivity contribution in [3.8, 4) is 17.6 Å². The molecule has 0 atom stereocenters. The molecule has 21 heavy (non-hydrogen) atoms. The Labute approximate surface area is 124 Å². The largest absolute Gasteiger partial charge is 0.489 e.